The van der Waals surface area contributed by atoms with Crippen molar-refractivity contribution in [3.05, 3.63) is 17.6 Å². The third-order valence-corrected chi connectivity index (χ3v) is 3.60. The maximum absolute atomic E-state index is 4.60. The van der Waals surface area contributed by atoms with Crippen LogP contribution < -0.4 is 5.32 Å². The maximum Gasteiger partial charge on any atom is 0.144 e. The second-order valence-corrected chi connectivity index (χ2v) is 6.32. The van der Waals surface area contributed by atoms with E-state index in [-0.39, 0.29) is 0 Å². The van der Waals surface area contributed by atoms with E-state index < -0.39 is 0 Å². The van der Waals surface area contributed by atoms with Gasteiger partial charge in [-0.25, -0.2) is 9.97 Å². The van der Waals surface area contributed by atoms with Crippen LogP contribution in [0.1, 0.15) is 45.1 Å². The molecule has 19 heavy (non-hydrogen) atoms. The fraction of sp³-hybridized carbons (Fsp3) is 0.733. The lowest BCUT2D eigenvalue weighted by molar-refractivity contribution is 0.109. The fourth-order valence-electron chi connectivity index (χ4n) is 2.85. The van der Waals surface area contributed by atoms with Gasteiger partial charge in [0.05, 0.1) is 6.54 Å². The lowest BCUT2D eigenvalue weighted by Crippen LogP contribution is -2.39. The molecule has 0 unspecified atom stereocenters. The normalized spacial score (nSPS) is 19.4. The molecule has 106 valence electrons. The molecule has 0 atom stereocenters. The lowest BCUT2D eigenvalue weighted by atomic mass is 9.84. The Bertz CT molecular complexity index is 428. The molecule has 0 spiro atoms. The fourth-order valence-corrected chi connectivity index (χ4v) is 2.85. The Morgan fingerprint density at radius 2 is 2.16 bits per heavy atom. The molecule has 0 amide bonds. The molecular weight excluding hydrogens is 236 g/mol. The molecule has 0 aliphatic carbocycles. The molecule has 1 aromatic rings. The van der Waals surface area contributed by atoms with Crippen molar-refractivity contribution in [1.82, 2.24) is 14.9 Å². The molecule has 2 rings (SSSR count). The summed E-state index contributed by atoms with van der Waals surface area (Å²) in [5, 5.41) is 3.27. The van der Waals surface area contributed by atoms with E-state index in [1.807, 2.05) is 13.0 Å². The minimum absolute atomic E-state index is 0.423. The van der Waals surface area contributed by atoms with Crippen molar-refractivity contribution in [2.75, 3.05) is 25.0 Å². The lowest BCUT2D eigenvalue weighted by Gasteiger charge is -2.37. The molecule has 2 heterocycles. The van der Waals surface area contributed by atoms with E-state index in [0.717, 1.165) is 43.5 Å². The Labute approximate surface area is 116 Å². The van der Waals surface area contributed by atoms with Crippen molar-refractivity contribution in [2.45, 2.75) is 47.1 Å². The molecule has 1 fully saturated rings. The van der Waals surface area contributed by atoms with Gasteiger partial charge in [-0.1, -0.05) is 13.8 Å². The number of likely N-dealkylation sites (tertiary alicyclic amines) is 1. The molecule has 0 bridgehead atoms. The summed E-state index contributed by atoms with van der Waals surface area (Å²) in [6.45, 7) is 12.9. The van der Waals surface area contributed by atoms with Gasteiger partial charge < -0.3 is 5.32 Å². The van der Waals surface area contributed by atoms with E-state index in [9.17, 15) is 0 Å². The van der Waals surface area contributed by atoms with Gasteiger partial charge in [-0.05, 0) is 38.6 Å². The van der Waals surface area contributed by atoms with Gasteiger partial charge in [-0.3, -0.25) is 4.90 Å². The van der Waals surface area contributed by atoms with Crippen LogP contribution in [0.2, 0.25) is 0 Å². The van der Waals surface area contributed by atoms with Crippen LogP contribution in [0, 0.1) is 12.3 Å². The highest BCUT2D eigenvalue weighted by Gasteiger charge is 2.26. The smallest absolute Gasteiger partial charge is 0.144 e. The minimum atomic E-state index is 0.423. The standard InChI is InChI=1S/C15H26N4/c1-5-16-13-9-12(2)17-14(18-13)10-19-8-6-7-15(3,4)11-19/h9H,5-8,10-11H2,1-4H3,(H,16,17,18). The highest BCUT2D eigenvalue weighted by molar-refractivity contribution is 5.35. The highest BCUT2D eigenvalue weighted by atomic mass is 15.2. The topological polar surface area (TPSA) is 41.1 Å². The summed E-state index contributed by atoms with van der Waals surface area (Å²) in [6.07, 6.45) is 2.60. The summed E-state index contributed by atoms with van der Waals surface area (Å²) in [4.78, 5) is 11.6. The third kappa shape index (κ3) is 4.16. The van der Waals surface area contributed by atoms with Crippen LogP contribution in [0.3, 0.4) is 0 Å². The maximum atomic E-state index is 4.60. The van der Waals surface area contributed by atoms with E-state index in [1.54, 1.807) is 0 Å². The first kappa shape index (κ1) is 14.3. The molecule has 1 saturated heterocycles. The summed E-state index contributed by atoms with van der Waals surface area (Å²) in [5.74, 6) is 1.88. The summed E-state index contributed by atoms with van der Waals surface area (Å²) in [5.41, 5.74) is 1.46. The van der Waals surface area contributed by atoms with Crippen LogP contribution in [0.15, 0.2) is 6.07 Å². The number of aryl methyl sites for hydroxylation is 1. The molecule has 1 aliphatic heterocycles. The monoisotopic (exact) mass is 262 g/mol. The summed E-state index contributed by atoms with van der Waals surface area (Å²) in [7, 11) is 0. The molecule has 1 aliphatic rings. The molecule has 0 aromatic carbocycles. The number of anilines is 1. The van der Waals surface area contributed by atoms with Crippen molar-refractivity contribution >= 4 is 5.82 Å². The van der Waals surface area contributed by atoms with Crippen LogP contribution >= 0.6 is 0 Å². The second-order valence-electron chi connectivity index (χ2n) is 6.32. The van der Waals surface area contributed by atoms with E-state index >= 15 is 0 Å². The predicted octanol–water partition coefficient (Wildman–Crippen LogP) is 2.84. The molecule has 0 saturated carbocycles. The summed E-state index contributed by atoms with van der Waals surface area (Å²) >= 11 is 0. The van der Waals surface area contributed by atoms with Gasteiger partial charge in [-0.2, -0.15) is 0 Å². The average Bonchev–Trinajstić information content (AvgIpc) is 2.26. The minimum Gasteiger partial charge on any atom is -0.370 e. The molecule has 4 nitrogen and oxygen atoms in total. The number of hydrogen-bond acceptors (Lipinski definition) is 4. The van der Waals surface area contributed by atoms with Crippen LogP contribution in [0.4, 0.5) is 5.82 Å². The molecule has 0 radical (unpaired) electrons. The van der Waals surface area contributed by atoms with Gasteiger partial charge in [0.2, 0.25) is 0 Å². The van der Waals surface area contributed by atoms with E-state index in [1.165, 1.54) is 12.8 Å². The number of rotatable bonds is 4. The Morgan fingerprint density at radius 1 is 1.37 bits per heavy atom. The van der Waals surface area contributed by atoms with Crippen molar-refractivity contribution in [3.8, 4) is 0 Å². The zero-order valence-corrected chi connectivity index (χ0v) is 12.7. The SMILES string of the molecule is CCNc1cc(C)nc(CN2CCCC(C)(C)C2)n1. The first-order valence-corrected chi connectivity index (χ1v) is 7.29. The first-order chi connectivity index (χ1) is 8.98. The van der Waals surface area contributed by atoms with Crippen molar-refractivity contribution in [3.63, 3.8) is 0 Å². The highest BCUT2D eigenvalue weighted by Crippen LogP contribution is 2.28. The Kier molecular flexibility index (Phi) is 4.40. The molecule has 1 aromatic heterocycles. The van der Waals surface area contributed by atoms with Gasteiger partial charge in [-0.15, -0.1) is 0 Å². The zero-order valence-electron chi connectivity index (χ0n) is 12.7. The second kappa shape index (κ2) is 5.87. The van der Waals surface area contributed by atoms with E-state index in [0.29, 0.717) is 5.41 Å². The van der Waals surface area contributed by atoms with Crippen LogP contribution in [0.25, 0.3) is 0 Å². The predicted molar refractivity (Wildman–Crippen MR) is 79.2 cm³/mol. The zero-order chi connectivity index (χ0) is 13.9. The number of nitrogens with one attached hydrogen (secondary N) is 1. The third-order valence-electron chi connectivity index (χ3n) is 3.60. The molecule has 4 heteroatoms. The van der Waals surface area contributed by atoms with Crippen LogP contribution in [-0.4, -0.2) is 34.5 Å². The van der Waals surface area contributed by atoms with Crippen molar-refractivity contribution in [2.24, 2.45) is 5.41 Å². The van der Waals surface area contributed by atoms with Gasteiger partial charge in [0.25, 0.3) is 0 Å². The van der Waals surface area contributed by atoms with Gasteiger partial charge in [0.1, 0.15) is 11.6 Å². The van der Waals surface area contributed by atoms with E-state index in [2.05, 4.69) is 41.0 Å². The van der Waals surface area contributed by atoms with Crippen LogP contribution in [-0.2, 0) is 6.54 Å². The van der Waals surface area contributed by atoms with Gasteiger partial charge in [0, 0.05) is 24.8 Å². The van der Waals surface area contributed by atoms with Crippen LogP contribution in [0.5, 0.6) is 0 Å². The molecular formula is C15H26N4. The van der Waals surface area contributed by atoms with Gasteiger partial charge in [0.15, 0.2) is 0 Å². The van der Waals surface area contributed by atoms with Gasteiger partial charge >= 0.3 is 0 Å². The number of piperidine rings is 1. The first-order valence-electron chi connectivity index (χ1n) is 7.29. The Balaban J connectivity index is 2.06. The Morgan fingerprint density at radius 3 is 2.84 bits per heavy atom. The summed E-state index contributed by atoms with van der Waals surface area (Å²) in [6, 6.07) is 2.01. The summed E-state index contributed by atoms with van der Waals surface area (Å²) < 4.78 is 0. The van der Waals surface area contributed by atoms with Crippen molar-refractivity contribution < 1.29 is 0 Å². The number of hydrogen-bond donors (Lipinski definition) is 1. The van der Waals surface area contributed by atoms with E-state index in [4.69, 9.17) is 0 Å². The quantitative estimate of drug-likeness (QED) is 0.906. The number of nitrogens with zero attached hydrogens (tertiary/aromatic N) is 3. The molecule has 1 N–H and O–H groups in total. The average molecular weight is 262 g/mol. The number of aromatic nitrogens is 2. The Hall–Kier alpha value is -1.16. The largest absolute Gasteiger partial charge is 0.370 e. The van der Waals surface area contributed by atoms with Crippen molar-refractivity contribution in [1.29, 1.82) is 0 Å².